The van der Waals surface area contributed by atoms with Crippen molar-refractivity contribution in [3.8, 4) is 0 Å². The molecular formula is C16H23FN2O2S. The smallest absolute Gasteiger partial charge is 0.315 e. The lowest BCUT2D eigenvalue weighted by molar-refractivity contribution is 0.230. The van der Waals surface area contributed by atoms with E-state index < -0.39 is 0 Å². The molecule has 1 saturated carbocycles. The van der Waals surface area contributed by atoms with Crippen molar-refractivity contribution in [3.63, 3.8) is 0 Å². The first-order valence-corrected chi connectivity index (χ1v) is 8.89. The fourth-order valence-corrected chi connectivity index (χ4v) is 3.23. The van der Waals surface area contributed by atoms with Crippen molar-refractivity contribution in [2.24, 2.45) is 0 Å². The van der Waals surface area contributed by atoms with E-state index in [2.05, 4.69) is 10.6 Å². The van der Waals surface area contributed by atoms with Crippen LogP contribution in [0.5, 0.6) is 0 Å². The molecule has 0 aliphatic heterocycles. The Balaban J connectivity index is 1.85. The lowest BCUT2D eigenvalue weighted by Gasteiger charge is -2.20. The van der Waals surface area contributed by atoms with Gasteiger partial charge in [0.1, 0.15) is 5.82 Å². The Labute approximate surface area is 134 Å². The van der Waals surface area contributed by atoms with Gasteiger partial charge in [0.15, 0.2) is 0 Å². The Kier molecular flexibility index (Phi) is 6.08. The van der Waals surface area contributed by atoms with Crippen molar-refractivity contribution in [1.82, 2.24) is 10.6 Å². The molecule has 122 valence electrons. The third kappa shape index (κ3) is 4.61. The maximum Gasteiger partial charge on any atom is 0.315 e. The van der Waals surface area contributed by atoms with Crippen molar-refractivity contribution in [1.29, 1.82) is 0 Å². The summed E-state index contributed by atoms with van der Waals surface area (Å²) in [4.78, 5) is 12.0. The predicted molar refractivity (Wildman–Crippen MR) is 87.7 cm³/mol. The quantitative estimate of drug-likeness (QED) is 0.687. The number of aliphatic hydroxyl groups excluding tert-OH is 1. The minimum absolute atomic E-state index is 0.0377. The van der Waals surface area contributed by atoms with E-state index in [1.54, 1.807) is 23.9 Å². The number of hydrogen-bond acceptors (Lipinski definition) is 3. The highest BCUT2D eigenvalue weighted by atomic mass is 32.2. The molecule has 2 rings (SSSR count). The number of rotatable bonds is 8. The van der Waals surface area contributed by atoms with Gasteiger partial charge < -0.3 is 15.7 Å². The molecule has 1 aromatic rings. The zero-order valence-corrected chi connectivity index (χ0v) is 13.6. The highest BCUT2D eigenvalue weighted by Gasteiger charge is 2.44. The summed E-state index contributed by atoms with van der Waals surface area (Å²) >= 11 is 1.63. The van der Waals surface area contributed by atoms with Gasteiger partial charge in [-0.25, -0.2) is 9.18 Å². The van der Waals surface area contributed by atoms with E-state index in [-0.39, 0.29) is 29.9 Å². The lowest BCUT2D eigenvalue weighted by atomic mass is 9.96. The van der Waals surface area contributed by atoms with Gasteiger partial charge in [-0.05, 0) is 43.2 Å². The number of nitrogens with one attached hydrogen (secondary N) is 2. The standard InChI is InChI=1S/C16H23FN2O2S/c1-22-10-14(5-8-20)19-15(21)18-11-16(6-7-16)12-3-2-4-13(17)9-12/h2-4,9,14,20H,5-8,10-11H2,1H3,(H2,18,19,21). The Hall–Kier alpha value is -1.27. The molecule has 1 aliphatic rings. The molecule has 1 fully saturated rings. The number of urea groups is 1. The minimum Gasteiger partial charge on any atom is -0.396 e. The van der Waals surface area contributed by atoms with Crippen LogP contribution in [0.4, 0.5) is 9.18 Å². The second-order valence-corrected chi connectivity index (χ2v) is 6.69. The second kappa shape index (κ2) is 7.83. The van der Waals surface area contributed by atoms with Gasteiger partial charge in [-0.2, -0.15) is 11.8 Å². The van der Waals surface area contributed by atoms with Crippen LogP contribution in [-0.2, 0) is 5.41 Å². The summed E-state index contributed by atoms with van der Waals surface area (Å²) in [5.74, 6) is 0.527. The first-order chi connectivity index (χ1) is 10.6. The normalized spacial score (nSPS) is 16.9. The number of carbonyl (C=O) groups is 1. The topological polar surface area (TPSA) is 61.4 Å². The maximum atomic E-state index is 13.3. The van der Waals surface area contributed by atoms with Gasteiger partial charge in [0.25, 0.3) is 0 Å². The van der Waals surface area contributed by atoms with Crippen molar-refractivity contribution in [3.05, 3.63) is 35.6 Å². The van der Waals surface area contributed by atoms with E-state index in [0.717, 1.165) is 24.2 Å². The van der Waals surface area contributed by atoms with Crippen molar-refractivity contribution in [2.75, 3.05) is 25.2 Å². The summed E-state index contributed by atoms with van der Waals surface area (Å²) in [5, 5.41) is 14.8. The van der Waals surface area contributed by atoms with E-state index in [0.29, 0.717) is 13.0 Å². The van der Waals surface area contributed by atoms with E-state index in [1.165, 1.54) is 6.07 Å². The summed E-state index contributed by atoms with van der Waals surface area (Å²) in [7, 11) is 0. The second-order valence-electron chi connectivity index (χ2n) is 5.78. The van der Waals surface area contributed by atoms with Crippen LogP contribution in [0, 0.1) is 5.82 Å². The van der Waals surface area contributed by atoms with Gasteiger partial charge in [0, 0.05) is 30.4 Å². The van der Waals surface area contributed by atoms with Crippen LogP contribution in [0.1, 0.15) is 24.8 Å². The van der Waals surface area contributed by atoms with E-state index in [9.17, 15) is 9.18 Å². The van der Waals surface area contributed by atoms with Gasteiger partial charge in [-0.15, -0.1) is 0 Å². The first-order valence-electron chi connectivity index (χ1n) is 7.50. The first kappa shape index (κ1) is 17.1. The van der Waals surface area contributed by atoms with Crippen LogP contribution in [0.2, 0.25) is 0 Å². The van der Waals surface area contributed by atoms with Crippen LogP contribution >= 0.6 is 11.8 Å². The van der Waals surface area contributed by atoms with E-state index in [1.807, 2.05) is 12.3 Å². The maximum absolute atomic E-state index is 13.3. The molecule has 0 spiro atoms. The Morgan fingerprint density at radius 3 is 2.86 bits per heavy atom. The molecule has 1 aliphatic carbocycles. The largest absolute Gasteiger partial charge is 0.396 e. The molecule has 22 heavy (non-hydrogen) atoms. The molecule has 2 amide bonds. The predicted octanol–water partition coefficient (Wildman–Crippen LogP) is 2.27. The number of carbonyl (C=O) groups excluding carboxylic acids is 1. The third-order valence-electron chi connectivity index (χ3n) is 4.06. The van der Waals surface area contributed by atoms with Crippen LogP contribution in [-0.4, -0.2) is 42.3 Å². The molecule has 6 heteroatoms. The Bertz CT molecular complexity index is 503. The van der Waals surface area contributed by atoms with Crippen molar-refractivity contribution >= 4 is 17.8 Å². The lowest BCUT2D eigenvalue weighted by Crippen LogP contribution is -2.45. The van der Waals surface area contributed by atoms with Gasteiger partial charge in [0.2, 0.25) is 0 Å². The average molecular weight is 326 g/mol. The molecular weight excluding hydrogens is 303 g/mol. The van der Waals surface area contributed by atoms with Crippen LogP contribution in [0.25, 0.3) is 0 Å². The number of amides is 2. The molecule has 4 nitrogen and oxygen atoms in total. The molecule has 1 atom stereocenters. The fraction of sp³-hybridized carbons (Fsp3) is 0.562. The minimum atomic E-state index is -0.240. The zero-order valence-electron chi connectivity index (χ0n) is 12.8. The number of benzene rings is 1. The summed E-state index contributed by atoms with van der Waals surface area (Å²) in [6, 6.07) is 6.34. The highest BCUT2D eigenvalue weighted by Crippen LogP contribution is 2.47. The van der Waals surface area contributed by atoms with Gasteiger partial charge in [-0.3, -0.25) is 0 Å². The Morgan fingerprint density at radius 1 is 1.50 bits per heavy atom. The van der Waals surface area contributed by atoms with Gasteiger partial charge in [-0.1, -0.05) is 12.1 Å². The van der Waals surface area contributed by atoms with Crippen LogP contribution in [0.15, 0.2) is 24.3 Å². The molecule has 3 N–H and O–H groups in total. The number of aliphatic hydroxyl groups is 1. The molecule has 1 unspecified atom stereocenters. The number of thioether (sulfide) groups is 1. The van der Waals surface area contributed by atoms with E-state index in [4.69, 9.17) is 5.11 Å². The van der Waals surface area contributed by atoms with Gasteiger partial charge in [0.05, 0.1) is 0 Å². The number of halogens is 1. The fourth-order valence-electron chi connectivity index (χ4n) is 2.58. The summed E-state index contributed by atoms with van der Waals surface area (Å²) in [6.07, 6.45) is 4.43. The van der Waals surface area contributed by atoms with Gasteiger partial charge >= 0.3 is 6.03 Å². The Morgan fingerprint density at radius 2 is 2.27 bits per heavy atom. The highest BCUT2D eigenvalue weighted by molar-refractivity contribution is 7.98. The molecule has 0 aromatic heterocycles. The molecule has 1 aromatic carbocycles. The molecule has 0 bridgehead atoms. The SMILES string of the molecule is CSCC(CCO)NC(=O)NCC1(c2cccc(F)c2)CC1. The summed E-state index contributed by atoms with van der Waals surface area (Å²) in [6.45, 7) is 0.562. The monoisotopic (exact) mass is 326 g/mol. The van der Waals surface area contributed by atoms with E-state index >= 15 is 0 Å². The summed E-state index contributed by atoms with van der Waals surface area (Å²) in [5.41, 5.74) is 0.828. The summed E-state index contributed by atoms with van der Waals surface area (Å²) < 4.78 is 13.3. The molecule has 0 radical (unpaired) electrons. The molecule has 0 saturated heterocycles. The molecule has 0 heterocycles. The van der Waals surface area contributed by atoms with Crippen molar-refractivity contribution < 1.29 is 14.3 Å². The van der Waals surface area contributed by atoms with Crippen LogP contribution in [0.3, 0.4) is 0 Å². The zero-order chi connectivity index (χ0) is 16.0. The number of hydrogen-bond donors (Lipinski definition) is 3. The third-order valence-corrected chi connectivity index (χ3v) is 4.79. The van der Waals surface area contributed by atoms with Crippen LogP contribution < -0.4 is 10.6 Å². The van der Waals surface area contributed by atoms with Crippen molar-refractivity contribution in [2.45, 2.75) is 30.7 Å². The average Bonchev–Trinajstić information content (AvgIpc) is 3.27.